The lowest BCUT2D eigenvalue weighted by Crippen LogP contribution is -2.16. The summed E-state index contributed by atoms with van der Waals surface area (Å²) >= 11 is 1.09. The molecule has 0 atom stereocenters. The van der Waals surface area contributed by atoms with Crippen molar-refractivity contribution in [2.24, 2.45) is 5.10 Å². The van der Waals surface area contributed by atoms with Gasteiger partial charge in [0.1, 0.15) is 0 Å². The smallest absolute Gasteiger partial charge is 0.270 e. The molecule has 0 radical (unpaired) electrons. The number of hydrogen-bond donors (Lipinski definition) is 1. The van der Waals surface area contributed by atoms with E-state index in [0.717, 1.165) is 22.7 Å². The number of rotatable bonds is 6. The second kappa shape index (κ2) is 8.50. The average molecular weight is 417 g/mol. The van der Waals surface area contributed by atoms with Crippen LogP contribution in [0.25, 0.3) is 5.69 Å². The minimum absolute atomic E-state index is 0.149. The molecule has 0 aliphatic rings. The van der Waals surface area contributed by atoms with E-state index >= 15 is 0 Å². The van der Waals surface area contributed by atoms with E-state index < -0.39 is 10.7 Å². The molecule has 1 heterocycles. The molecular weight excluding hydrogens is 402 g/mol. The van der Waals surface area contributed by atoms with Crippen LogP contribution in [0, 0.1) is 10.1 Å². The number of carbonyl (C=O) groups is 1. The Morgan fingerprint density at radius 3 is 2.40 bits per heavy atom. The van der Waals surface area contributed by atoms with Crippen molar-refractivity contribution in [1.29, 1.82) is 0 Å². The number of para-hydroxylation sites is 2. The predicted octanol–water partition coefficient (Wildman–Crippen LogP) is 4.00. The maximum absolute atomic E-state index is 12.9. The fourth-order valence-electron chi connectivity index (χ4n) is 2.69. The van der Waals surface area contributed by atoms with Gasteiger partial charge < -0.3 is 0 Å². The van der Waals surface area contributed by atoms with Gasteiger partial charge in [-0.15, -0.1) is 5.10 Å². The first-order chi connectivity index (χ1) is 14.6. The van der Waals surface area contributed by atoms with Gasteiger partial charge in [-0.1, -0.05) is 59.9 Å². The van der Waals surface area contributed by atoms with Crippen LogP contribution >= 0.6 is 11.3 Å². The standard InChI is InChI=1S/C21H15N5O3S/c27-19(15-8-7-13-18(14-15)26(28)29)20-24-25(17-11-5-2-6-12-17)21(30-20)23-22-16-9-3-1-4-10-16/h1-14,22H. The zero-order valence-corrected chi connectivity index (χ0v) is 16.3. The summed E-state index contributed by atoms with van der Waals surface area (Å²) in [6.45, 7) is 0. The molecule has 1 N–H and O–H groups in total. The van der Waals surface area contributed by atoms with Gasteiger partial charge in [0.05, 0.1) is 16.3 Å². The number of nitrogens with zero attached hydrogens (tertiary/aromatic N) is 4. The van der Waals surface area contributed by atoms with E-state index in [9.17, 15) is 14.9 Å². The number of nitrogens with one attached hydrogen (secondary N) is 1. The molecule has 0 fully saturated rings. The van der Waals surface area contributed by atoms with Crippen molar-refractivity contribution >= 4 is 28.5 Å². The van der Waals surface area contributed by atoms with Crippen LogP contribution in [0.15, 0.2) is 90.0 Å². The van der Waals surface area contributed by atoms with Gasteiger partial charge in [0.2, 0.25) is 10.6 Å². The molecule has 4 rings (SSSR count). The molecular formula is C21H15N5O3S. The molecule has 1 aromatic heterocycles. The molecule has 0 amide bonds. The van der Waals surface area contributed by atoms with Crippen LogP contribution in [0.3, 0.4) is 0 Å². The van der Waals surface area contributed by atoms with Gasteiger partial charge in [0, 0.05) is 17.7 Å². The topological polar surface area (TPSA) is 102 Å². The summed E-state index contributed by atoms with van der Waals surface area (Å²) in [6, 6.07) is 24.3. The van der Waals surface area contributed by atoms with Crippen molar-refractivity contribution in [1.82, 2.24) is 9.78 Å². The van der Waals surface area contributed by atoms with Crippen LogP contribution in [0.5, 0.6) is 0 Å². The van der Waals surface area contributed by atoms with E-state index in [1.165, 1.54) is 24.3 Å². The Hall–Kier alpha value is -4.11. The summed E-state index contributed by atoms with van der Waals surface area (Å²) in [7, 11) is 0. The van der Waals surface area contributed by atoms with Crippen LogP contribution < -0.4 is 10.2 Å². The summed E-state index contributed by atoms with van der Waals surface area (Å²) < 4.78 is 1.56. The Morgan fingerprint density at radius 1 is 1.00 bits per heavy atom. The lowest BCUT2D eigenvalue weighted by atomic mass is 10.1. The summed E-state index contributed by atoms with van der Waals surface area (Å²) in [6.07, 6.45) is 0. The maximum Gasteiger partial charge on any atom is 0.270 e. The highest BCUT2D eigenvalue weighted by Crippen LogP contribution is 2.17. The first-order valence-corrected chi connectivity index (χ1v) is 9.73. The molecule has 0 bridgehead atoms. The lowest BCUT2D eigenvalue weighted by molar-refractivity contribution is -0.384. The van der Waals surface area contributed by atoms with E-state index in [0.29, 0.717) is 4.80 Å². The van der Waals surface area contributed by atoms with Gasteiger partial charge in [0.15, 0.2) is 5.01 Å². The molecule has 8 nitrogen and oxygen atoms in total. The third-order valence-electron chi connectivity index (χ3n) is 4.13. The number of hydrogen-bond acceptors (Lipinski definition) is 7. The van der Waals surface area contributed by atoms with Gasteiger partial charge >= 0.3 is 0 Å². The van der Waals surface area contributed by atoms with E-state index in [1.807, 2.05) is 60.7 Å². The van der Waals surface area contributed by atoms with Gasteiger partial charge in [-0.2, -0.15) is 5.10 Å². The minimum Gasteiger partial charge on any atom is -0.286 e. The van der Waals surface area contributed by atoms with Crippen molar-refractivity contribution < 1.29 is 9.72 Å². The quantitative estimate of drug-likeness (QED) is 0.290. The Kier molecular flexibility index (Phi) is 5.44. The Bertz CT molecular complexity index is 1270. The van der Waals surface area contributed by atoms with Crippen molar-refractivity contribution in [2.45, 2.75) is 0 Å². The second-order valence-electron chi connectivity index (χ2n) is 6.16. The summed E-state index contributed by atoms with van der Waals surface area (Å²) in [4.78, 5) is 23.9. The van der Waals surface area contributed by atoms with Crippen LogP contribution in [-0.2, 0) is 0 Å². The summed E-state index contributed by atoms with van der Waals surface area (Å²) in [5, 5.41) is 20.0. The molecule has 0 unspecified atom stereocenters. The molecule has 0 aliphatic carbocycles. The normalized spacial score (nSPS) is 11.3. The van der Waals surface area contributed by atoms with E-state index in [1.54, 1.807) is 4.68 Å². The van der Waals surface area contributed by atoms with Crippen LogP contribution in [0.2, 0.25) is 0 Å². The Balaban J connectivity index is 1.76. The SMILES string of the molecule is O=C(c1cccc([N+](=O)[O-])c1)c1nn(-c2ccccc2)c(=NNc2ccccc2)s1. The number of carbonyl (C=O) groups excluding carboxylic acids is 1. The summed E-state index contributed by atoms with van der Waals surface area (Å²) in [5.41, 5.74) is 4.53. The highest BCUT2D eigenvalue weighted by atomic mass is 32.1. The number of nitro groups is 1. The number of aromatic nitrogens is 2. The molecule has 0 saturated heterocycles. The second-order valence-corrected chi connectivity index (χ2v) is 7.12. The lowest BCUT2D eigenvalue weighted by Gasteiger charge is -2.01. The molecule has 0 aliphatic heterocycles. The van der Waals surface area contributed by atoms with Crippen LogP contribution in [0.4, 0.5) is 11.4 Å². The Morgan fingerprint density at radius 2 is 1.70 bits per heavy atom. The first-order valence-electron chi connectivity index (χ1n) is 8.91. The largest absolute Gasteiger partial charge is 0.286 e. The number of anilines is 1. The number of ketones is 1. The highest BCUT2D eigenvalue weighted by molar-refractivity contribution is 7.11. The maximum atomic E-state index is 12.9. The van der Waals surface area contributed by atoms with Gasteiger partial charge in [-0.3, -0.25) is 20.3 Å². The predicted molar refractivity (Wildman–Crippen MR) is 114 cm³/mol. The molecule has 3 aromatic carbocycles. The van der Waals surface area contributed by atoms with Crippen molar-refractivity contribution in [3.05, 3.63) is 110 Å². The summed E-state index contributed by atoms with van der Waals surface area (Å²) in [5.74, 6) is -0.408. The zero-order chi connectivity index (χ0) is 20.9. The van der Waals surface area contributed by atoms with E-state index in [-0.39, 0.29) is 16.3 Å². The molecule has 9 heteroatoms. The molecule has 148 valence electrons. The fourth-order valence-corrected chi connectivity index (χ4v) is 3.52. The number of benzene rings is 3. The van der Waals surface area contributed by atoms with Crippen LogP contribution in [-0.4, -0.2) is 20.5 Å². The molecule has 0 saturated carbocycles. The number of nitro benzene ring substituents is 1. The molecule has 30 heavy (non-hydrogen) atoms. The van der Waals surface area contributed by atoms with Crippen molar-refractivity contribution in [2.75, 3.05) is 5.43 Å². The molecule has 4 aromatic rings. The number of non-ortho nitro benzene ring substituents is 1. The van der Waals surface area contributed by atoms with Gasteiger partial charge in [-0.25, -0.2) is 4.68 Å². The van der Waals surface area contributed by atoms with Crippen molar-refractivity contribution in [3.63, 3.8) is 0 Å². The van der Waals surface area contributed by atoms with Gasteiger partial charge in [-0.05, 0) is 24.3 Å². The highest BCUT2D eigenvalue weighted by Gasteiger charge is 2.18. The first kappa shape index (κ1) is 19.2. The fraction of sp³-hybridized carbons (Fsp3) is 0. The average Bonchev–Trinajstić information content (AvgIpc) is 3.23. The van der Waals surface area contributed by atoms with E-state index in [4.69, 9.17) is 0 Å². The van der Waals surface area contributed by atoms with Gasteiger partial charge in [0.25, 0.3) is 5.69 Å². The Labute approximate surface area is 174 Å². The van der Waals surface area contributed by atoms with Crippen LogP contribution in [0.1, 0.15) is 15.4 Å². The third kappa shape index (κ3) is 4.15. The van der Waals surface area contributed by atoms with Crippen molar-refractivity contribution in [3.8, 4) is 5.69 Å². The zero-order valence-electron chi connectivity index (χ0n) is 15.5. The minimum atomic E-state index is -0.534. The monoisotopic (exact) mass is 417 g/mol. The van der Waals surface area contributed by atoms with E-state index in [2.05, 4.69) is 15.6 Å². The third-order valence-corrected chi connectivity index (χ3v) is 5.04. The molecule has 0 spiro atoms.